The van der Waals surface area contributed by atoms with Crippen LogP contribution in [-0.2, 0) is 21.7 Å². The van der Waals surface area contributed by atoms with Gasteiger partial charge >= 0.3 is 0 Å². The predicted molar refractivity (Wildman–Crippen MR) is 210 cm³/mol. The number of hydrogen-bond acceptors (Lipinski definition) is 2. The van der Waals surface area contributed by atoms with E-state index in [-0.39, 0.29) is 28.4 Å². The van der Waals surface area contributed by atoms with E-state index in [0.29, 0.717) is 0 Å². The van der Waals surface area contributed by atoms with Crippen molar-refractivity contribution < 1.29 is 4.74 Å². The van der Waals surface area contributed by atoms with Crippen molar-refractivity contribution in [2.24, 2.45) is 0 Å². The van der Waals surface area contributed by atoms with Crippen LogP contribution in [-0.4, -0.2) is 6.71 Å². The summed E-state index contributed by atoms with van der Waals surface area (Å²) < 4.78 is 6.83. The van der Waals surface area contributed by atoms with Crippen molar-refractivity contribution in [1.29, 1.82) is 0 Å². The Hall–Kier alpha value is -4.24. The molecule has 3 aliphatic rings. The highest BCUT2D eigenvalue weighted by molar-refractivity contribution is 6.99. The van der Waals surface area contributed by atoms with Crippen molar-refractivity contribution in [1.82, 2.24) is 0 Å². The Bertz CT molecular complexity index is 2130. The maximum atomic E-state index is 6.83. The number of rotatable bonds is 2. The SMILES string of the molecule is CC(C)(C)c1ccc2c(c1)B1c3cc4c(cc3N(c3ccc(C(C)(C)C)cc3-c3ccccc3)c3cccc(c31)O2)C(C)(C)CCC4(C)C. The van der Waals surface area contributed by atoms with Crippen LogP contribution in [0, 0.1) is 0 Å². The summed E-state index contributed by atoms with van der Waals surface area (Å²) in [4.78, 5) is 2.57. The molecule has 0 radical (unpaired) electrons. The molecular formula is C46H50BNO. The quantitative estimate of drug-likeness (QED) is 0.174. The first kappa shape index (κ1) is 32.0. The summed E-state index contributed by atoms with van der Waals surface area (Å²) in [5.41, 5.74) is 16.0. The number of ether oxygens (including phenoxy) is 1. The van der Waals surface area contributed by atoms with Gasteiger partial charge in [0.05, 0.1) is 5.69 Å². The highest BCUT2D eigenvalue weighted by atomic mass is 16.5. The molecule has 2 nitrogen and oxygen atoms in total. The van der Waals surface area contributed by atoms with Crippen LogP contribution in [0.2, 0.25) is 0 Å². The molecule has 2 heterocycles. The van der Waals surface area contributed by atoms with Crippen molar-refractivity contribution in [2.45, 2.75) is 104 Å². The molecule has 0 bridgehead atoms. The summed E-state index contributed by atoms with van der Waals surface area (Å²) in [6.07, 6.45) is 2.36. The Morgan fingerprint density at radius 3 is 1.88 bits per heavy atom. The summed E-state index contributed by atoms with van der Waals surface area (Å²) in [6.45, 7) is 23.7. The molecular weight excluding hydrogens is 593 g/mol. The third kappa shape index (κ3) is 5.07. The fraction of sp³-hybridized carbons (Fsp3) is 0.348. The topological polar surface area (TPSA) is 12.5 Å². The zero-order chi connectivity index (χ0) is 34.7. The summed E-state index contributed by atoms with van der Waals surface area (Å²) >= 11 is 0. The summed E-state index contributed by atoms with van der Waals surface area (Å²) in [5, 5.41) is 0. The Labute approximate surface area is 294 Å². The molecule has 0 aromatic heterocycles. The first-order valence-electron chi connectivity index (χ1n) is 18.2. The van der Waals surface area contributed by atoms with E-state index in [9.17, 15) is 0 Å². The van der Waals surface area contributed by atoms with E-state index in [1.807, 2.05) is 0 Å². The first-order valence-corrected chi connectivity index (χ1v) is 18.2. The van der Waals surface area contributed by atoms with Gasteiger partial charge in [-0.05, 0) is 115 Å². The molecule has 2 aliphatic heterocycles. The Balaban J connectivity index is 1.48. The van der Waals surface area contributed by atoms with Crippen LogP contribution in [0.25, 0.3) is 11.1 Å². The Morgan fingerprint density at radius 1 is 0.571 bits per heavy atom. The molecule has 3 heteroatoms. The molecule has 0 spiro atoms. The molecule has 8 rings (SSSR count). The van der Waals surface area contributed by atoms with Crippen LogP contribution in [0.1, 0.15) is 104 Å². The van der Waals surface area contributed by atoms with Gasteiger partial charge in [0.2, 0.25) is 0 Å². The normalized spacial score (nSPS) is 17.0. The van der Waals surface area contributed by atoms with Gasteiger partial charge in [-0.2, -0.15) is 0 Å². The molecule has 0 saturated carbocycles. The Kier molecular flexibility index (Phi) is 6.94. The van der Waals surface area contributed by atoms with Crippen LogP contribution >= 0.6 is 0 Å². The van der Waals surface area contributed by atoms with E-state index in [0.717, 1.165) is 11.5 Å². The minimum absolute atomic E-state index is 0.0237. The van der Waals surface area contributed by atoms with E-state index in [1.54, 1.807) is 0 Å². The lowest BCUT2D eigenvalue weighted by molar-refractivity contribution is 0.332. The van der Waals surface area contributed by atoms with Crippen molar-refractivity contribution in [3.8, 4) is 22.6 Å². The molecule has 0 N–H and O–H groups in total. The molecule has 0 fully saturated rings. The summed E-state index contributed by atoms with van der Waals surface area (Å²) in [7, 11) is 0. The van der Waals surface area contributed by atoms with Crippen molar-refractivity contribution in [2.75, 3.05) is 4.90 Å². The lowest BCUT2D eigenvalue weighted by Gasteiger charge is -2.46. The number of hydrogen-bond donors (Lipinski definition) is 0. The van der Waals surface area contributed by atoms with Crippen LogP contribution in [0.3, 0.4) is 0 Å². The fourth-order valence-corrected chi connectivity index (χ4v) is 8.52. The molecule has 5 aromatic carbocycles. The standard InChI is InChI=1S/C46H50BNO/c1-43(2,3)30-19-21-37(32(25-30)29-15-12-11-13-16-29)48-38-17-14-18-41-42(38)47(36-26-31(44(4,5)6)20-22-40(36)49-41)35-27-33-34(28-39(35)48)46(9,10)24-23-45(33,7)8/h11-22,25-28H,23-24H2,1-10H3. The smallest absolute Gasteiger partial charge is 0.256 e. The lowest BCUT2D eigenvalue weighted by Crippen LogP contribution is -2.60. The van der Waals surface area contributed by atoms with Crippen LogP contribution in [0.15, 0.2) is 97.1 Å². The second-order valence-electron chi connectivity index (χ2n) is 18.1. The first-order chi connectivity index (χ1) is 23.0. The molecule has 0 unspecified atom stereocenters. The molecule has 0 saturated heterocycles. The molecule has 0 atom stereocenters. The average molecular weight is 644 g/mol. The van der Waals surface area contributed by atoms with Gasteiger partial charge in [-0.1, -0.05) is 130 Å². The van der Waals surface area contributed by atoms with Gasteiger partial charge in [0.25, 0.3) is 6.71 Å². The van der Waals surface area contributed by atoms with Gasteiger partial charge in [-0.15, -0.1) is 0 Å². The molecule has 248 valence electrons. The summed E-state index contributed by atoms with van der Waals surface area (Å²) in [6, 6.07) is 36.8. The number of fused-ring (bicyclic) bond motifs is 5. The highest BCUT2D eigenvalue weighted by Crippen LogP contribution is 2.50. The monoisotopic (exact) mass is 643 g/mol. The van der Waals surface area contributed by atoms with Gasteiger partial charge in [-0.25, -0.2) is 0 Å². The van der Waals surface area contributed by atoms with Crippen molar-refractivity contribution in [3.63, 3.8) is 0 Å². The summed E-state index contributed by atoms with van der Waals surface area (Å²) in [5.74, 6) is 1.93. The van der Waals surface area contributed by atoms with Gasteiger partial charge < -0.3 is 9.64 Å². The van der Waals surface area contributed by atoms with E-state index in [2.05, 4.69) is 171 Å². The van der Waals surface area contributed by atoms with Gasteiger partial charge in [0, 0.05) is 16.9 Å². The van der Waals surface area contributed by atoms with E-state index >= 15 is 0 Å². The van der Waals surface area contributed by atoms with Crippen molar-refractivity contribution in [3.05, 3.63) is 119 Å². The number of anilines is 3. The third-order valence-electron chi connectivity index (χ3n) is 11.7. The zero-order valence-electron chi connectivity index (χ0n) is 31.1. The lowest BCUT2D eigenvalue weighted by atomic mass is 9.33. The Morgan fingerprint density at radius 2 is 1.20 bits per heavy atom. The van der Waals surface area contributed by atoms with Crippen LogP contribution in [0.5, 0.6) is 11.5 Å². The maximum Gasteiger partial charge on any atom is 0.256 e. The zero-order valence-corrected chi connectivity index (χ0v) is 31.1. The van der Waals surface area contributed by atoms with Gasteiger partial charge in [-0.3, -0.25) is 0 Å². The molecule has 0 amide bonds. The van der Waals surface area contributed by atoms with E-state index < -0.39 is 0 Å². The minimum atomic E-state index is 0.0237. The number of nitrogens with zero attached hydrogens (tertiary/aromatic N) is 1. The highest BCUT2D eigenvalue weighted by Gasteiger charge is 2.46. The predicted octanol–water partition coefficient (Wildman–Crippen LogP) is 10.7. The molecule has 1 aliphatic carbocycles. The maximum absolute atomic E-state index is 6.83. The third-order valence-corrected chi connectivity index (χ3v) is 11.7. The van der Waals surface area contributed by atoms with Crippen LogP contribution in [0.4, 0.5) is 17.1 Å². The van der Waals surface area contributed by atoms with E-state index in [4.69, 9.17) is 4.74 Å². The van der Waals surface area contributed by atoms with Gasteiger partial charge in [0.15, 0.2) is 0 Å². The molecule has 49 heavy (non-hydrogen) atoms. The van der Waals surface area contributed by atoms with Crippen molar-refractivity contribution >= 4 is 40.2 Å². The number of benzene rings is 5. The van der Waals surface area contributed by atoms with Crippen LogP contribution < -0.4 is 26.0 Å². The second-order valence-corrected chi connectivity index (χ2v) is 18.1. The van der Waals surface area contributed by atoms with Gasteiger partial charge in [0.1, 0.15) is 11.5 Å². The second kappa shape index (κ2) is 10.6. The minimum Gasteiger partial charge on any atom is -0.458 e. The largest absolute Gasteiger partial charge is 0.458 e. The van der Waals surface area contributed by atoms with E-state index in [1.165, 1.54) is 79.7 Å². The average Bonchev–Trinajstić information content (AvgIpc) is 3.05. The molecule has 5 aromatic rings. The fourth-order valence-electron chi connectivity index (χ4n) is 8.52.